The van der Waals surface area contributed by atoms with E-state index in [9.17, 15) is 10.2 Å². The SMILES string of the molecule is COc1ccc(N)c(C(O)C(O)CBr)c1. The molecule has 2 atom stereocenters. The fraction of sp³-hybridized carbons (Fsp3) is 0.400. The fourth-order valence-electron chi connectivity index (χ4n) is 1.23. The maximum absolute atomic E-state index is 9.77. The van der Waals surface area contributed by atoms with Crippen molar-refractivity contribution in [3.8, 4) is 5.75 Å². The van der Waals surface area contributed by atoms with E-state index in [1.165, 1.54) is 7.11 Å². The van der Waals surface area contributed by atoms with Gasteiger partial charge in [0.15, 0.2) is 0 Å². The summed E-state index contributed by atoms with van der Waals surface area (Å²) in [7, 11) is 1.53. The molecular formula is C10H14BrNO3. The van der Waals surface area contributed by atoms with E-state index in [4.69, 9.17) is 10.5 Å². The number of halogens is 1. The normalized spacial score (nSPS) is 14.7. The van der Waals surface area contributed by atoms with Crippen molar-refractivity contribution in [3.63, 3.8) is 0 Å². The molecule has 0 fully saturated rings. The summed E-state index contributed by atoms with van der Waals surface area (Å²) in [6, 6.07) is 4.95. The number of aliphatic hydroxyl groups excluding tert-OH is 2. The van der Waals surface area contributed by atoms with Crippen LogP contribution in [-0.4, -0.2) is 28.8 Å². The van der Waals surface area contributed by atoms with Gasteiger partial charge in [0.25, 0.3) is 0 Å². The Morgan fingerprint density at radius 2 is 2.13 bits per heavy atom. The lowest BCUT2D eigenvalue weighted by Gasteiger charge is -2.18. The molecule has 1 aromatic rings. The van der Waals surface area contributed by atoms with Crippen LogP contribution in [0.15, 0.2) is 18.2 Å². The minimum atomic E-state index is -1.01. The van der Waals surface area contributed by atoms with Crippen LogP contribution < -0.4 is 10.5 Å². The first-order chi connectivity index (χ1) is 7.10. The van der Waals surface area contributed by atoms with E-state index < -0.39 is 12.2 Å². The Kier molecular flexibility index (Phi) is 4.38. The Morgan fingerprint density at radius 3 is 2.67 bits per heavy atom. The summed E-state index contributed by atoms with van der Waals surface area (Å²) in [5, 5.41) is 19.5. The minimum Gasteiger partial charge on any atom is -0.497 e. The van der Waals surface area contributed by atoms with Gasteiger partial charge in [-0.1, -0.05) is 15.9 Å². The molecule has 84 valence electrons. The van der Waals surface area contributed by atoms with Crippen LogP contribution in [0.1, 0.15) is 11.7 Å². The molecule has 0 amide bonds. The highest BCUT2D eigenvalue weighted by molar-refractivity contribution is 9.09. The second-order valence-electron chi connectivity index (χ2n) is 3.16. The highest BCUT2D eigenvalue weighted by atomic mass is 79.9. The summed E-state index contributed by atoms with van der Waals surface area (Å²) in [6.07, 6.45) is -1.90. The molecule has 0 heterocycles. The Hall–Kier alpha value is -0.780. The van der Waals surface area contributed by atoms with Gasteiger partial charge in [-0.15, -0.1) is 0 Å². The van der Waals surface area contributed by atoms with Crippen LogP contribution in [0.5, 0.6) is 5.75 Å². The number of hydrogen-bond acceptors (Lipinski definition) is 4. The number of rotatable bonds is 4. The fourth-order valence-corrected chi connectivity index (χ4v) is 1.58. The van der Waals surface area contributed by atoms with Crippen LogP contribution in [0.3, 0.4) is 0 Å². The largest absolute Gasteiger partial charge is 0.497 e. The molecule has 0 aliphatic heterocycles. The quantitative estimate of drug-likeness (QED) is 0.568. The van der Waals surface area contributed by atoms with Gasteiger partial charge in [-0.2, -0.15) is 0 Å². The number of anilines is 1. The Balaban J connectivity index is 3.01. The predicted molar refractivity (Wildman–Crippen MR) is 62.2 cm³/mol. The zero-order chi connectivity index (χ0) is 11.4. The number of alkyl halides is 1. The number of nitrogens with two attached hydrogens (primary N) is 1. The molecular weight excluding hydrogens is 262 g/mol. The molecule has 5 heteroatoms. The van der Waals surface area contributed by atoms with Gasteiger partial charge in [0.1, 0.15) is 11.9 Å². The molecule has 0 aliphatic rings. The second kappa shape index (κ2) is 5.34. The summed E-state index contributed by atoms with van der Waals surface area (Å²) >= 11 is 3.09. The predicted octanol–water partition coefficient (Wildman–Crippen LogP) is 1.07. The molecule has 0 spiro atoms. The zero-order valence-electron chi connectivity index (χ0n) is 8.35. The summed E-state index contributed by atoms with van der Waals surface area (Å²) in [4.78, 5) is 0. The molecule has 0 saturated carbocycles. The van der Waals surface area contributed by atoms with E-state index in [0.29, 0.717) is 17.0 Å². The van der Waals surface area contributed by atoms with E-state index in [1.807, 2.05) is 0 Å². The van der Waals surface area contributed by atoms with Crippen molar-refractivity contribution in [1.29, 1.82) is 0 Å². The first-order valence-electron chi connectivity index (χ1n) is 4.45. The van der Waals surface area contributed by atoms with Crippen LogP contribution in [0.25, 0.3) is 0 Å². The average molecular weight is 276 g/mol. The first-order valence-corrected chi connectivity index (χ1v) is 5.57. The lowest BCUT2D eigenvalue weighted by atomic mass is 10.0. The molecule has 15 heavy (non-hydrogen) atoms. The van der Waals surface area contributed by atoms with Crippen molar-refractivity contribution in [2.75, 3.05) is 18.2 Å². The highest BCUT2D eigenvalue weighted by Gasteiger charge is 2.19. The van der Waals surface area contributed by atoms with Crippen molar-refractivity contribution < 1.29 is 14.9 Å². The molecule has 1 rings (SSSR count). The Morgan fingerprint density at radius 1 is 1.47 bits per heavy atom. The van der Waals surface area contributed by atoms with Crippen LogP contribution in [0, 0.1) is 0 Å². The number of nitrogen functional groups attached to an aromatic ring is 1. The number of aliphatic hydroxyl groups is 2. The molecule has 4 N–H and O–H groups in total. The highest BCUT2D eigenvalue weighted by Crippen LogP contribution is 2.27. The third kappa shape index (κ3) is 2.84. The summed E-state index contributed by atoms with van der Waals surface area (Å²) < 4.78 is 5.01. The lowest BCUT2D eigenvalue weighted by Crippen LogP contribution is -2.20. The van der Waals surface area contributed by atoms with Gasteiger partial charge in [-0.25, -0.2) is 0 Å². The van der Waals surface area contributed by atoms with Gasteiger partial charge in [0.2, 0.25) is 0 Å². The monoisotopic (exact) mass is 275 g/mol. The first kappa shape index (κ1) is 12.3. The molecule has 0 aliphatic carbocycles. The molecule has 1 aromatic carbocycles. The van der Waals surface area contributed by atoms with Crippen molar-refractivity contribution in [3.05, 3.63) is 23.8 Å². The minimum absolute atomic E-state index is 0.283. The van der Waals surface area contributed by atoms with Crippen molar-refractivity contribution >= 4 is 21.6 Å². The zero-order valence-corrected chi connectivity index (χ0v) is 9.94. The summed E-state index contributed by atoms with van der Waals surface area (Å²) in [5.41, 5.74) is 6.60. The number of methoxy groups -OCH3 is 1. The van der Waals surface area contributed by atoms with Crippen molar-refractivity contribution in [2.45, 2.75) is 12.2 Å². The van der Waals surface area contributed by atoms with E-state index in [-0.39, 0.29) is 5.33 Å². The molecule has 0 saturated heterocycles. The lowest BCUT2D eigenvalue weighted by molar-refractivity contribution is 0.0346. The van der Waals surface area contributed by atoms with Gasteiger partial charge in [0.05, 0.1) is 13.2 Å². The van der Waals surface area contributed by atoms with Crippen LogP contribution >= 0.6 is 15.9 Å². The average Bonchev–Trinajstić information content (AvgIpc) is 2.27. The third-order valence-electron chi connectivity index (χ3n) is 2.14. The topological polar surface area (TPSA) is 75.7 Å². The standard InChI is InChI=1S/C10H14BrNO3/c1-15-6-2-3-8(12)7(4-6)10(14)9(13)5-11/h2-4,9-10,13-14H,5,12H2,1H3. The molecule has 4 nitrogen and oxygen atoms in total. The van der Waals surface area contributed by atoms with Gasteiger partial charge >= 0.3 is 0 Å². The number of benzene rings is 1. The third-order valence-corrected chi connectivity index (χ3v) is 2.80. The van der Waals surface area contributed by atoms with Crippen molar-refractivity contribution in [1.82, 2.24) is 0 Å². The smallest absolute Gasteiger partial charge is 0.119 e. The summed E-state index contributed by atoms with van der Waals surface area (Å²) in [5.74, 6) is 0.597. The van der Waals surface area contributed by atoms with Gasteiger partial charge in [-0.05, 0) is 18.2 Å². The van der Waals surface area contributed by atoms with Crippen molar-refractivity contribution in [2.24, 2.45) is 0 Å². The maximum atomic E-state index is 9.77. The molecule has 0 bridgehead atoms. The van der Waals surface area contributed by atoms with E-state index in [0.717, 1.165) is 0 Å². The number of ether oxygens (including phenoxy) is 1. The Labute approximate surface area is 96.8 Å². The number of hydrogen-bond donors (Lipinski definition) is 3. The van der Waals surface area contributed by atoms with E-state index in [2.05, 4.69) is 15.9 Å². The van der Waals surface area contributed by atoms with E-state index in [1.54, 1.807) is 18.2 Å². The van der Waals surface area contributed by atoms with Crippen LogP contribution in [0.4, 0.5) is 5.69 Å². The maximum Gasteiger partial charge on any atom is 0.119 e. The second-order valence-corrected chi connectivity index (χ2v) is 3.81. The summed E-state index contributed by atoms with van der Waals surface area (Å²) in [6.45, 7) is 0. The van der Waals surface area contributed by atoms with E-state index >= 15 is 0 Å². The molecule has 0 aromatic heterocycles. The van der Waals surface area contributed by atoms with Crippen LogP contribution in [0.2, 0.25) is 0 Å². The van der Waals surface area contributed by atoms with Gasteiger partial charge < -0.3 is 20.7 Å². The van der Waals surface area contributed by atoms with Gasteiger partial charge in [0, 0.05) is 16.6 Å². The molecule has 2 unspecified atom stereocenters. The Bertz CT molecular complexity index is 332. The molecule has 0 radical (unpaired) electrons. The van der Waals surface area contributed by atoms with Gasteiger partial charge in [-0.3, -0.25) is 0 Å². The van der Waals surface area contributed by atoms with Crippen LogP contribution in [-0.2, 0) is 0 Å².